The van der Waals surface area contributed by atoms with Gasteiger partial charge in [0.05, 0.1) is 6.54 Å². The summed E-state index contributed by atoms with van der Waals surface area (Å²) in [6.45, 7) is 1.27. The van der Waals surface area contributed by atoms with Crippen molar-refractivity contribution in [2.75, 3.05) is 35.6 Å². The first-order valence-electron chi connectivity index (χ1n) is 13.2. The number of rotatable bonds is 8. The van der Waals surface area contributed by atoms with Crippen LogP contribution in [0.4, 0.5) is 17.5 Å². The molecule has 198 valence electrons. The Morgan fingerprint density at radius 2 is 1.79 bits per heavy atom. The van der Waals surface area contributed by atoms with E-state index in [1.165, 1.54) is 11.1 Å². The van der Waals surface area contributed by atoms with E-state index in [9.17, 15) is 9.59 Å². The van der Waals surface area contributed by atoms with E-state index in [1.807, 2.05) is 30.3 Å². The fourth-order valence-electron chi connectivity index (χ4n) is 5.39. The van der Waals surface area contributed by atoms with Crippen molar-refractivity contribution < 1.29 is 19.4 Å². The first-order valence-corrected chi connectivity index (χ1v) is 13.2. The number of nitrogen functional groups attached to an aromatic ring is 1. The number of nitrogens with two attached hydrogens (primary N) is 1. The number of nitrogens with one attached hydrogen (secondary N) is 1. The van der Waals surface area contributed by atoms with Crippen molar-refractivity contribution in [3.63, 3.8) is 0 Å². The Hall–Kier alpha value is -4.14. The Morgan fingerprint density at radius 1 is 1.05 bits per heavy atom. The smallest absolute Gasteiger partial charge is 0.303 e. The number of carboxylic acid groups (broad SMARTS) is 1. The zero-order chi connectivity index (χ0) is 26.5. The maximum absolute atomic E-state index is 13.5. The summed E-state index contributed by atoms with van der Waals surface area (Å²) in [4.78, 5) is 34.9. The molecule has 9 nitrogen and oxygen atoms in total. The molecule has 1 aromatic heterocycles. The number of ether oxygens (including phenoxy) is 1. The number of nitrogens with zero attached hydrogens (tertiary/aromatic N) is 3. The molecular weight excluding hydrogens is 482 g/mol. The van der Waals surface area contributed by atoms with Crippen molar-refractivity contribution in [3.8, 4) is 5.88 Å². The lowest BCUT2D eigenvalue weighted by Gasteiger charge is -2.28. The maximum Gasteiger partial charge on any atom is 0.303 e. The fraction of sp³-hybridized carbons (Fsp3) is 0.379. The van der Waals surface area contributed by atoms with E-state index in [2.05, 4.69) is 39.6 Å². The lowest BCUT2D eigenvalue weighted by Crippen LogP contribution is -2.32. The molecule has 1 amide bonds. The molecule has 4 N–H and O–H groups in total. The summed E-state index contributed by atoms with van der Waals surface area (Å²) in [5, 5.41) is 12.2. The largest absolute Gasteiger partial charge is 0.481 e. The Kier molecular flexibility index (Phi) is 7.72. The fourth-order valence-corrected chi connectivity index (χ4v) is 5.39. The van der Waals surface area contributed by atoms with Crippen LogP contribution < -0.4 is 20.7 Å². The number of anilines is 3. The number of fused-ring (bicyclic) bond motifs is 1. The second-order valence-electron chi connectivity index (χ2n) is 9.99. The van der Waals surface area contributed by atoms with E-state index in [4.69, 9.17) is 15.6 Å². The Morgan fingerprint density at radius 3 is 2.50 bits per heavy atom. The number of carboxylic acids is 1. The molecule has 0 radical (unpaired) electrons. The molecule has 0 atom stereocenters. The Bertz CT molecular complexity index is 1270. The molecule has 1 aliphatic heterocycles. The molecule has 3 aromatic rings. The zero-order valence-electron chi connectivity index (χ0n) is 21.3. The van der Waals surface area contributed by atoms with Crippen molar-refractivity contribution in [1.29, 1.82) is 0 Å². The maximum atomic E-state index is 13.5. The number of benzene rings is 2. The van der Waals surface area contributed by atoms with Gasteiger partial charge in [0, 0.05) is 18.7 Å². The number of aromatic nitrogens is 2. The minimum Gasteiger partial charge on any atom is -0.481 e. The van der Waals surface area contributed by atoms with Crippen LogP contribution in [0.15, 0.2) is 54.6 Å². The Balaban J connectivity index is 1.25. The van der Waals surface area contributed by atoms with Gasteiger partial charge in [-0.05, 0) is 67.2 Å². The molecule has 0 spiro atoms. The molecule has 2 heterocycles. The number of hydrogen-bond acceptors (Lipinski definition) is 7. The third-order valence-corrected chi connectivity index (χ3v) is 7.44. The van der Waals surface area contributed by atoms with Gasteiger partial charge in [-0.15, -0.1) is 0 Å². The van der Waals surface area contributed by atoms with Gasteiger partial charge in [0.25, 0.3) is 5.91 Å². The van der Waals surface area contributed by atoms with Crippen LogP contribution in [-0.4, -0.2) is 46.6 Å². The van der Waals surface area contributed by atoms with Gasteiger partial charge in [-0.1, -0.05) is 42.5 Å². The monoisotopic (exact) mass is 515 g/mol. The minimum absolute atomic E-state index is 0.0869. The molecule has 1 saturated carbocycles. The van der Waals surface area contributed by atoms with Crippen molar-refractivity contribution in [2.45, 2.75) is 44.4 Å². The summed E-state index contributed by atoms with van der Waals surface area (Å²) in [6, 6.07) is 18.1. The third-order valence-electron chi connectivity index (χ3n) is 7.44. The summed E-state index contributed by atoms with van der Waals surface area (Å²) in [5.74, 6) is 0.298. The predicted octanol–water partition coefficient (Wildman–Crippen LogP) is 4.50. The summed E-state index contributed by atoms with van der Waals surface area (Å²) in [7, 11) is 0. The average Bonchev–Trinajstić information content (AvgIpc) is 3.08. The molecule has 1 fully saturated rings. The van der Waals surface area contributed by atoms with E-state index in [0.717, 1.165) is 37.8 Å². The average molecular weight is 516 g/mol. The van der Waals surface area contributed by atoms with Gasteiger partial charge < -0.3 is 25.8 Å². The standard InChI is InChI=1S/C29H33N5O4/c30-26-25-27(33-29(32-26)31-15-14-19-4-2-1-3-5-19)38-17-16-34(28(25)37)23-12-10-22(11-13-23)21-8-6-20(7-9-21)18-24(35)36/h1-5,10-13,20-21H,6-9,14-18H2,(H,35,36)(H3,30,31,32,33). The highest BCUT2D eigenvalue weighted by molar-refractivity contribution is 6.10. The first-order chi connectivity index (χ1) is 18.5. The Labute approximate surface area is 222 Å². The van der Waals surface area contributed by atoms with E-state index in [1.54, 1.807) is 4.90 Å². The summed E-state index contributed by atoms with van der Waals surface area (Å²) in [5.41, 5.74) is 9.59. The van der Waals surface area contributed by atoms with Crippen LogP contribution >= 0.6 is 0 Å². The molecular formula is C29H33N5O4. The highest BCUT2D eigenvalue weighted by Crippen LogP contribution is 2.38. The van der Waals surface area contributed by atoms with Gasteiger partial charge in [-0.2, -0.15) is 9.97 Å². The van der Waals surface area contributed by atoms with Crippen LogP contribution in [0.1, 0.15) is 59.5 Å². The summed E-state index contributed by atoms with van der Waals surface area (Å²) >= 11 is 0. The van der Waals surface area contributed by atoms with Gasteiger partial charge in [0.1, 0.15) is 18.0 Å². The molecule has 0 bridgehead atoms. The molecule has 0 saturated heterocycles. The van der Waals surface area contributed by atoms with Gasteiger partial charge in [-0.3, -0.25) is 9.59 Å². The quantitative estimate of drug-likeness (QED) is 0.400. The van der Waals surface area contributed by atoms with Gasteiger partial charge in [0.15, 0.2) is 0 Å². The number of aliphatic carboxylic acids is 1. The molecule has 1 aliphatic carbocycles. The van der Waals surface area contributed by atoms with Crippen molar-refractivity contribution in [2.24, 2.45) is 5.92 Å². The lowest BCUT2D eigenvalue weighted by molar-refractivity contribution is -0.138. The van der Waals surface area contributed by atoms with Crippen LogP contribution in [-0.2, 0) is 11.2 Å². The summed E-state index contributed by atoms with van der Waals surface area (Å²) < 4.78 is 5.84. The number of carbonyl (C=O) groups is 2. The van der Waals surface area contributed by atoms with Gasteiger partial charge in [-0.25, -0.2) is 0 Å². The van der Waals surface area contributed by atoms with E-state index >= 15 is 0 Å². The van der Waals surface area contributed by atoms with Crippen LogP contribution in [0.3, 0.4) is 0 Å². The van der Waals surface area contributed by atoms with E-state index < -0.39 is 5.97 Å². The molecule has 9 heteroatoms. The number of amides is 1. The molecule has 2 aliphatic rings. The normalized spacial score (nSPS) is 19.3. The van der Waals surface area contributed by atoms with Crippen molar-refractivity contribution in [1.82, 2.24) is 9.97 Å². The number of hydrogen-bond donors (Lipinski definition) is 3. The minimum atomic E-state index is -0.716. The van der Waals surface area contributed by atoms with Crippen molar-refractivity contribution >= 4 is 29.3 Å². The van der Waals surface area contributed by atoms with Crippen LogP contribution in [0.5, 0.6) is 5.88 Å². The molecule has 2 aromatic carbocycles. The molecule has 5 rings (SSSR count). The van der Waals surface area contributed by atoms with E-state index in [0.29, 0.717) is 25.0 Å². The van der Waals surface area contributed by atoms with Gasteiger partial charge >= 0.3 is 5.97 Å². The molecule has 38 heavy (non-hydrogen) atoms. The first kappa shape index (κ1) is 25.5. The summed E-state index contributed by atoms with van der Waals surface area (Å²) in [6.07, 6.45) is 4.88. The zero-order valence-corrected chi connectivity index (χ0v) is 21.3. The third kappa shape index (κ3) is 5.88. The molecule has 0 unspecified atom stereocenters. The number of carbonyl (C=O) groups excluding carboxylic acids is 1. The SMILES string of the molecule is Nc1nc(NCCc2ccccc2)nc2c1C(=O)N(c1ccc(C3CCC(CC(=O)O)CC3)cc1)CCO2. The highest BCUT2D eigenvalue weighted by atomic mass is 16.5. The second-order valence-corrected chi connectivity index (χ2v) is 9.99. The van der Waals surface area contributed by atoms with E-state index in [-0.39, 0.29) is 42.1 Å². The van der Waals surface area contributed by atoms with Crippen LogP contribution in [0.2, 0.25) is 0 Å². The van der Waals surface area contributed by atoms with Crippen LogP contribution in [0.25, 0.3) is 0 Å². The highest BCUT2D eigenvalue weighted by Gasteiger charge is 2.30. The van der Waals surface area contributed by atoms with Gasteiger partial charge in [0.2, 0.25) is 11.8 Å². The van der Waals surface area contributed by atoms with Crippen molar-refractivity contribution in [3.05, 3.63) is 71.3 Å². The van der Waals surface area contributed by atoms with Crippen LogP contribution in [0, 0.1) is 5.92 Å². The topological polar surface area (TPSA) is 131 Å². The predicted molar refractivity (Wildman–Crippen MR) is 146 cm³/mol. The second kappa shape index (κ2) is 11.5. The lowest BCUT2D eigenvalue weighted by atomic mass is 9.77.